The Morgan fingerprint density at radius 1 is 1.16 bits per heavy atom. The molecule has 0 aliphatic rings. The van der Waals surface area contributed by atoms with E-state index in [4.69, 9.17) is 0 Å². The van der Waals surface area contributed by atoms with Gasteiger partial charge in [0.25, 0.3) is 0 Å². The fourth-order valence-electron chi connectivity index (χ4n) is 2.14. The molecule has 0 bridgehead atoms. The molecular formula is C17H12F3N3OS. The number of amides is 1. The topological polar surface area (TPSA) is 54.9 Å². The number of halogens is 3. The average Bonchev–Trinajstić information content (AvgIpc) is 3.03. The number of carbonyl (C=O) groups is 1. The number of rotatable bonds is 4. The molecule has 0 spiro atoms. The van der Waals surface area contributed by atoms with Crippen molar-refractivity contribution in [2.45, 2.75) is 12.6 Å². The van der Waals surface area contributed by atoms with Crippen LogP contribution in [0.2, 0.25) is 0 Å². The zero-order chi connectivity index (χ0) is 17.9. The fraction of sp³-hybridized carbons (Fsp3) is 0.118. The second-order valence-corrected chi connectivity index (χ2v) is 6.06. The van der Waals surface area contributed by atoms with Gasteiger partial charge in [0.05, 0.1) is 17.7 Å². The maximum absolute atomic E-state index is 12.5. The average molecular weight is 363 g/mol. The first-order valence-electron chi connectivity index (χ1n) is 7.24. The van der Waals surface area contributed by atoms with E-state index in [0.29, 0.717) is 16.4 Å². The van der Waals surface area contributed by atoms with E-state index in [-0.39, 0.29) is 12.3 Å². The van der Waals surface area contributed by atoms with Crippen molar-refractivity contribution in [1.82, 2.24) is 9.97 Å². The smallest absolute Gasteiger partial charge is 0.302 e. The molecule has 2 aromatic heterocycles. The lowest BCUT2D eigenvalue weighted by atomic mass is 10.1. The second-order valence-electron chi connectivity index (χ2n) is 5.20. The van der Waals surface area contributed by atoms with Gasteiger partial charge in [0.1, 0.15) is 0 Å². The third-order valence-corrected chi connectivity index (χ3v) is 4.11. The maximum Gasteiger partial charge on any atom is 0.416 e. The Morgan fingerprint density at radius 2 is 1.92 bits per heavy atom. The van der Waals surface area contributed by atoms with E-state index in [1.165, 1.54) is 23.5 Å². The molecule has 4 nitrogen and oxygen atoms in total. The van der Waals surface area contributed by atoms with E-state index in [1.54, 1.807) is 23.8 Å². The number of nitrogens with one attached hydrogen (secondary N) is 1. The lowest BCUT2D eigenvalue weighted by Gasteiger charge is -2.07. The first-order chi connectivity index (χ1) is 11.9. The monoisotopic (exact) mass is 363 g/mol. The van der Waals surface area contributed by atoms with Crippen LogP contribution in [0.1, 0.15) is 11.1 Å². The number of alkyl halides is 3. The summed E-state index contributed by atoms with van der Waals surface area (Å²) < 4.78 is 37.6. The van der Waals surface area contributed by atoms with Gasteiger partial charge < -0.3 is 5.32 Å². The Kier molecular flexibility index (Phi) is 4.80. The Hall–Kier alpha value is -2.74. The molecule has 0 saturated carbocycles. The first-order valence-corrected chi connectivity index (χ1v) is 8.12. The van der Waals surface area contributed by atoms with Crippen molar-refractivity contribution in [3.05, 3.63) is 65.3 Å². The summed E-state index contributed by atoms with van der Waals surface area (Å²) in [7, 11) is 0. The minimum Gasteiger partial charge on any atom is -0.302 e. The van der Waals surface area contributed by atoms with Gasteiger partial charge in [-0.05, 0) is 29.8 Å². The summed E-state index contributed by atoms with van der Waals surface area (Å²) in [5.74, 6) is -0.341. The van der Waals surface area contributed by atoms with Crippen LogP contribution in [0.15, 0.2) is 54.2 Å². The number of pyridine rings is 1. The lowest BCUT2D eigenvalue weighted by molar-refractivity contribution is -0.137. The molecule has 1 N–H and O–H groups in total. The van der Waals surface area contributed by atoms with Crippen LogP contribution in [0.5, 0.6) is 0 Å². The number of benzene rings is 1. The fourth-order valence-corrected chi connectivity index (χ4v) is 2.87. The van der Waals surface area contributed by atoms with Crippen LogP contribution < -0.4 is 5.32 Å². The summed E-state index contributed by atoms with van der Waals surface area (Å²) in [4.78, 5) is 20.3. The predicted molar refractivity (Wildman–Crippen MR) is 89.1 cm³/mol. The highest BCUT2D eigenvalue weighted by atomic mass is 32.1. The number of hydrogen-bond donors (Lipinski definition) is 1. The molecule has 1 amide bonds. The van der Waals surface area contributed by atoms with Gasteiger partial charge in [0.2, 0.25) is 5.91 Å². The van der Waals surface area contributed by atoms with E-state index < -0.39 is 11.7 Å². The van der Waals surface area contributed by atoms with Crippen molar-refractivity contribution in [1.29, 1.82) is 0 Å². The molecule has 0 saturated heterocycles. The third kappa shape index (κ3) is 4.42. The zero-order valence-corrected chi connectivity index (χ0v) is 13.6. The summed E-state index contributed by atoms with van der Waals surface area (Å²) in [6, 6.07) is 8.17. The largest absolute Gasteiger partial charge is 0.416 e. The molecule has 0 unspecified atom stereocenters. The number of hydrogen-bond acceptors (Lipinski definition) is 4. The SMILES string of the molecule is O=C(Cc1ccc(C(F)(F)F)cc1)Nc1nc(-c2cccnc2)cs1. The summed E-state index contributed by atoms with van der Waals surface area (Å²) in [5.41, 5.74) is 1.29. The summed E-state index contributed by atoms with van der Waals surface area (Å²) in [5, 5.41) is 4.87. The van der Waals surface area contributed by atoms with E-state index in [0.717, 1.165) is 17.7 Å². The molecule has 1 aromatic carbocycles. The molecule has 0 atom stereocenters. The van der Waals surface area contributed by atoms with Gasteiger partial charge in [-0.25, -0.2) is 4.98 Å². The van der Waals surface area contributed by atoms with E-state index in [2.05, 4.69) is 15.3 Å². The molecule has 0 aliphatic carbocycles. The third-order valence-electron chi connectivity index (χ3n) is 3.35. The van der Waals surface area contributed by atoms with Gasteiger partial charge in [0.15, 0.2) is 5.13 Å². The standard InChI is InChI=1S/C17H12F3N3OS/c18-17(19,20)13-5-3-11(4-6-13)8-15(24)23-16-22-14(10-25-16)12-2-1-7-21-9-12/h1-7,9-10H,8H2,(H,22,23,24). The molecule has 0 aliphatic heterocycles. The van der Waals surface area contributed by atoms with Gasteiger partial charge in [-0.2, -0.15) is 13.2 Å². The summed E-state index contributed by atoms with van der Waals surface area (Å²) in [6.07, 6.45) is -1.09. The van der Waals surface area contributed by atoms with Gasteiger partial charge in [-0.3, -0.25) is 9.78 Å². The van der Waals surface area contributed by atoms with Gasteiger partial charge in [0, 0.05) is 23.3 Å². The van der Waals surface area contributed by atoms with Crippen LogP contribution in [-0.2, 0) is 17.4 Å². The molecule has 128 valence electrons. The Bertz CT molecular complexity index is 861. The normalized spacial score (nSPS) is 11.3. The van der Waals surface area contributed by atoms with Crippen molar-refractivity contribution in [3.8, 4) is 11.3 Å². The Labute approximate surface area is 145 Å². The molecular weight excluding hydrogens is 351 g/mol. The summed E-state index contributed by atoms with van der Waals surface area (Å²) in [6.45, 7) is 0. The van der Waals surface area contributed by atoms with Crippen molar-refractivity contribution < 1.29 is 18.0 Å². The number of nitrogens with zero attached hydrogens (tertiary/aromatic N) is 2. The first kappa shape index (κ1) is 17.1. The predicted octanol–water partition coefficient (Wildman–Crippen LogP) is 4.41. The van der Waals surface area contributed by atoms with Crippen LogP contribution in [-0.4, -0.2) is 15.9 Å². The van der Waals surface area contributed by atoms with Crippen molar-refractivity contribution in [2.75, 3.05) is 5.32 Å². The molecule has 2 heterocycles. The van der Waals surface area contributed by atoms with E-state index in [9.17, 15) is 18.0 Å². The van der Waals surface area contributed by atoms with Crippen LogP contribution in [0.4, 0.5) is 18.3 Å². The minimum absolute atomic E-state index is 0.0278. The minimum atomic E-state index is -4.38. The molecule has 0 radical (unpaired) electrons. The second kappa shape index (κ2) is 7.02. The van der Waals surface area contributed by atoms with Crippen molar-refractivity contribution in [3.63, 3.8) is 0 Å². The Morgan fingerprint density at radius 3 is 2.56 bits per heavy atom. The van der Waals surface area contributed by atoms with Crippen LogP contribution in [0.25, 0.3) is 11.3 Å². The van der Waals surface area contributed by atoms with Crippen molar-refractivity contribution in [2.24, 2.45) is 0 Å². The highest BCUT2D eigenvalue weighted by Crippen LogP contribution is 2.29. The molecule has 3 aromatic rings. The lowest BCUT2D eigenvalue weighted by Crippen LogP contribution is -2.14. The quantitative estimate of drug-likeness (QED) is 0.747. The summed E-state index contributed by atoms with van der Waals surface area (Å²) >= 11 is 1.27. The number of carbonyl (C=O) groups excluding carboxylic acids is 1. The van der Waals surface area contributed by atoms with Crippen LogP contribution in [0, 0.1) is 0 Å². The maximum atomic E-state index is 12.5. The molecule has 8 heteroatoms. The van der Waals surface area contributed by atoms with E-state index in [1.807, 2.05) is 6.07 Å². The number of aromatic nitrogens is 2. The van der Waals surface area contributed by atoms with E-state index >= 15 is 0 Å². The highest BCUT2D eigenvalue weighted by molar-refractivity contribution is 7.14. The number of thiazole rings is 1. The van der Waals surface area contributed by atoms with Gasteiger partial charge in [-0.1, -0.05) is 12.1 Å². The van der Waals surface area contributed by atoms with Gasteiger partial charge in [-0.15, -0.1) is 11.3 Å². The Balaban J connectivity index is 1.62. The van der Waals surface area contributed by atoms with Gasteiger partial charge >= 0.3 is 6.18 Å². The number of anilines is 1. The zero-order valence-electron chi connectivity index (χ0n) is 12.7. The molecule has 25 heavy (non-hydrogen) atoms. The van der Waals surface area contributed by atoms with Crippen LogP contribution in [0.3, 0.4) is 0 Å². The van der Waals surface area contributed by atoms with Crippen molar-refractivity contribution >= 4 is 22.4 Å². The highest BCUT2D eigenvalue weighted by Gasteiger charge is 2.29. The molecule has 0 fully saturated rings. The van der Waals surface area contributed by atoms with Crippen LogP contribution >= 0.6 is 11.3 Å². The molecule has 3 rings (SSSR count).